The predicted octanol–water partition coefficient (Wildman–Crippen LogP) is 4.76. The third-order valence-corrected chi connectivity index (χ3v) is 6.77. The fourth-order valence-electron chi connectivity index (χ4n) is 4.81. The van der Waals surface area contributed by atoms with E-state index in [-0.39, 0.29) is 11.7 Å². The molecule has 3 aromatic rings. The number of hydrogen-bond donors (Lipinski definition) is 2. The van der Waals surface area contributed by atoms with Crippen LogP contribution in [0, 0.1) is 12.7 Å². The van der Waals surface area contributed by atoms with E-state index in [1.807, 2.05) is 19.1 Å². The van der Waals surface area contributed by atoms with Gasteiger partial charge >= 0.3 is 0 Å². The lowest BCUT2D eigenvalue weighted by Gasteiger charge is -2.28. The van der Waals surface area contributed by atoms with Crippen molar-refractivity contribution in [3.05, 3.63) is 59.0 Å². The number of nitrogens with zero attached hydrogens (tertiary/aromatic N) is 3. The summed E-state index contributed by atoms with van der Waals surface area (Å²) in [6.07, 6.45) is 2.99. The summed E-state index contributed by atoms with van der Waals surface area (Å²) in [7, 11) is 0. The number of aryl methyl sites for hydroxylation is 1. The van der Waals surface area contributed by atoms with Crippen LogP contribution in [0.1, 0.15) is 18.4 Å². The smallest absolute Gasteiger partial charge is 0.227 e. The van der Waals surface area contributed by atoms with E-state index in [0.717, 1.165) is 44.0 Å². The first-order chi connectivity index (χ1) is 16.4. The molecule has 0 bridgehead atoms. The zero-order chi connectivity index (χ0) is 23.8. The standard InChI is InChI=1S/C26H26ClFN4O2/c1-16-11-18(12-22(27)25(16)32-8-2-3-24(32)33)21-15-19(28)14-20(26(21)34)17-4-5-30-23(13-17)31-9-6-29-7-10-31/h4-5,11-15,29,34H,2-3,6-10H2,1H3. The Morgan fingerprint density at radius 1 is 1.06 bits per heavy atom. The molecular weight excluding hydrogens is 455 g/mol. The van der Waals surface area contributed by atoms with Crippen molar-refractivity contribution in [3.63, 3.8) is 0 Å². The summed E-state index contributed by atoms with van der Waals surface area (Å²) >= 11 is 6.60. The van der Waals surface area contributed by atoms with Crippen molar-refractivity contribution in [3.8, 4) is 28.0 Å². The molecule has 0 saturated carbocycles. The van der Waals surface area contributed by atoms with Gasteiger partial charge in [-0.2, -0.15) is 0 Å². The van der Waals surface area contributed by atoms with E-state index in [4.69, 9.17) is 11.6 Å². The van der Waals surface area contributed by atoms with Crippen molar-refractivity contribution in [2.24, 2.45) is 0 Å². The molecule has 0 unspecified atom stereocenters. The fourth-order valence-corrected chi connectivity index (χ4v) is 5.18. The topological polar surface area (TPSA) is 68.7 Å². The maximum absolute atomic E-state index is 14.8. The minimum absolute atomic E-state index is 0.0284. The van der Waals surface area contributed by atoms with Crippen LogP contribution < -0.4 is 15.1 Å². The first kappa shape index (κ1) is 22.6. The highest BCUT2D eigenvalue weighted by Gasteiger charge is 2.26. The summed E-state index contributed by atoms with van der Waals surface area (Å²) in [5, 5.41) is 14.9. The Kier molecular flexibility index (Phi) is 6.15. The van der Waals surface area contributed by atoms with E-state index in [1.54, 1.807) is 23.2 Å². The summed E-state index contributed by atoms with van der Waals surface area (Å²) in [5.41, 5.74) is 3.49. The number of carbonyl (C=O) groups is 1. The molecule has 2 fully saturated rings. The van der Waals surface area contributed by atoms with Gasteiger partial charge in [0.15, 0.2) is 0 Å². The zero-order valence-electron chi connectivity index (χ0n) is 18.9. The molecule has 2 aliphatic rings. The molecule has 0 spiro atoms. The van der Waals surface area contributed by atoms with Crippen LogP contribution in [0.15, 0.2) is 42.6 Å². The summed E-state index contributed by atoms with van der Waals surface area (Å²) in [4.78, 5) is 20.6. The zero-order valence-corrected chi connectivity index (χ0v) is 19.7. The second-order valence-electron chi connectivity index (χ2n) is 8.76. The maximum atomic E-state index is 14.8. The Hall–Kier alpha value is -3.16. The van der Waals surface area contributed by atoms with Gasteiger partial charge in [-0.3, -0.25) is 4.79 Å². The molecule has 0 atom stereocenters. The Morgan fingerprint density at radius 3 is 2.47 bits per heavy atom. The van der Waals surface area contributed by atoms with E-state index >= 15 is 0 Å². The van der Waals surface area contributed by atoms with Crippen molar-refractivity contribution in [2.45, 2.75) is 19.8 Å². The number of aromatic nitrogens is 1. The van der Waals surface area contributed by atoms with Crippen LogP contribution in [0.25, 0.3) is 22.3 Å². The number of benzene rings is 2. The average Bonchev–Trinajstić information content (AvgIpc) is 3.25. The molecule has 0 radical (unpaired) electrons. The van der Waals surface area contributed by atoms with Crippen LogP contribution in [0.5, 0.6) is 5.75 Å². The number of rotatable bonds is 4. The molecule has 2 aromatic carbocycles. The van der Waals surface area contributed by atoms with Crippen molar-refractivity contribution < 1.29 is 14.3 Å². The van der Waals surface area contributed by atoms with Gasteiger partial charge in [-0.25, -0.2) is 9.37 Å². The molecule has 1 amide bonds. The Morgan fingerprint density at radius 2 is 1.79 bits per heavy atom. The van der Waals surface area contributed by atoms with Crippen LogP contribution in [0.2, 0.25) is 5.02 Å². The molecule has 34 heavy (non-hydrogen) atoms. The first-order valence-electron chi connectivity index (χ1n) is 11.5. The van der Waals surface area contributed by atoms with Crippen LogP contribution in [0.3, 0.4) is 0 Å². The molecule has 2 N–H and O–H groups in total. The van der Waals surface area contributed by atoms with Gasteiger partial charge in [0.25, 0.3) is 0 Å². The lowest BCUT2D eigenvalue weighted by atomic mass is 9.95. The fraction of sp³-hybridized carbons (Fsp3) is 0.308. The highest BCUT2D eigenvalue weighted by atomic mass is 35.5. The largest absolute Gasteiger partial charge is 0.507 e. The van der Waals surface area contributed by atoms with E-state index in [2.05, 4.69) is 15.2 Å². The second-order valence-corrected chi connectivity index (χ2v) is 9.17. The van der Waals surface area contributed by atoms with E-state index in [0.29, 0.717) is 45.9 Å². The van der Waals surface area contributed by atoms with Crippen molar-refractivity contribution >= 4 is 29.0 Å². The summed E-state index contributed by atoms with van der Waals surface area (Å²) < 4.78 is 14.8. The number of amides is 1. The maximum Gasteiger partial charge on any atom is 0.227 e. The number of piperazine rings is 1. The van der Waals surface area contributed by atoms with Gasteiger partial charge in [0.05, 0.1) is 10.7 Å². The van der Waals surface area contributed by atoms with E-state index < -0.39 is 5.82 Å². The minimum Gasteiger partial charge on any atom is -0.507 e. The molecule has 0 aliphatic carbocycles. The van der Waals surface area contributed by atoms with E-state index in [1.165, 1.54) is 12.1 Å². The van der Waals surface area contributed by atoms with Gasteiger partial charge in [0, 0.05) is 56.5 Å². The predicted molar refractivity (Wildman–Crippen MR) is 133 cm³/mol. The molecule has 6 nitrogen and oxygen atoms in total. The lowest BCUT2D eigenvalue weighted by Crippen LogP contribution is -2.43. The number of phenolic OH excluding ortho intramolecular Hbond substituents is 1. The SMILES string of the molecule is Cc1cc(-c2cc(F)cc(-c3ccnc(N4CCNCC4)c3)c2O)cc(Cl)c1N1CCCC1=O. The molecule has 8 heteroatoms. The van der Waals surface area contributed by atoms with Crippen LogP contribution in [-0.2, 0) is 4.79 Å². The number of aromatic hydroxyl groups is 1. The number of halogens is 2. The van der Waals surface area contributed by atoms with Gasteiger partial charge in [0.2, 0.25) is 5.91 Å². The van der Waals surface area contributed by atoms with E-state index in [9.17, 15) is 14.3 Å². The Bertz CT molecular complexity index is 1240. The number of anilines is 2. The monoisotopic (exact) mass is 480 g/mol. The molecule has 3 heterocycles. The van der Waals surface area contributed by atoms with Crippen LogP contribution >= 0.6 is 11.6 Å². The Labute approximate surface area is 203 Å². The van der Waals surface area contributed by atoms with Crippen molar-refractivity contribution in [2.75, 3.05) is 42.5 Å². The lowest BCUT2D eigenvalue weighted by molar-refractivity contribution is -0.117. The third kappa shape index (κ3) is 4.21. The molecule has 1 aromatic heterocycles. The highest BCUT2D eigenvalue weighted by Crippen LogP contribution is 2.43. The highest BCUT2D eigenvalue weighted by molar-refractivity contribution is 6.34. The van der Waals surface area contributed by atoms with Crippen molar-refractivity contribution in [1.82, 2.24) is 10.3 Å². The molecule has 5 rings (SSSR count). The second kappa shape index (κ2) is 9.24. The quantitative estimate of drug-likeness (QED) is 0.563. The number of pyridine rings is 1. The Balaban J connectivity index is 1.55. The number of phenols is 1. The molecule has 2 saturated heterocycles. The number of nitrogens with one attached hydrogen (secondary N) is 1. The minimum atomic E-state index is -0.462. The normalized spacial score (nSPS) is 16.4. The van der Waals surface area contributed by atoms with Gasteiger partial charge in [0.1, 0.15) is 17.4 Å². The van der Waals surface area contributed by atoms with Gasteiger partial charge in [-0.05, 0) is 66.4 Å². The van der Waals surface area contributed by atoms with Crippen molar-refractivity contribution in [1.29, 1.82) is 0 Å². The first-order valence-corrected chi connectivity index (χ1v) is 11.9. The van der Waals surface area contributed by atoms with Crippen LogP contribution in [-0.4, -0.2) is 48.7 Å². The number of carbonyl (C=O) groups excluding carboxylic acids is 1. The molecule has 2 aliphatic heterocycles. The molecular formula is C26H26ClFN4O2. The average molecular weight is 481 g/mol. The summed E-state index contributed by atoms with van der Waals surface area (Å²) in [6.45, 7) is 5.92. The summed E-state index contributed by atoms with van der Waals surface area (Å²) in [6, 6.07) is 9.81. The molecule has 176 valence electrons. The third-order valence-electron chi connectivity index (χ3n) is 6.48. The van der Waals surface area contributed by atoms with Gasteiger partial charge in [-0.15, -0.1) is 0 Å². The van der Waals surface area contributed by atoms with Crippen LogP contribution in [0.4, 0.5) is 15.9 Å². The summed E-state index contributed by atoms with van der Waals surface area (Å²) in [5.74, 6) is 0.351. The van der Waals surface area contributed by atoms with Gasteiger partial charge < -0.3 is 20.2 Å². The van der Waals surface area contributed by atoms with Gasteiger partial charge in [-0.1, -0.05) is 11.6 Å². The number of hydrogen-bond acceptors (Lipinski definition) is 5.